The van der Waals surface area contributed by atoms with Crippen molar-refractivity contribution in [3.8, 4) is 0 Å². The van der Waals surface area contributed by atoms with Crippen LogP contribution in [0.2, 0.25) is 0 Å². The summed E-state index contributed by atoms with van der Waals surface area (Å²) in [4.78, 5) is 12.1. The van der Waals surface area contributed by atoms with E-state index in [1.54, 1.807) is 0 Å². The molecule has 4 heteroatoms. The minimum absolute atomic E-state index is 0.0606. The molecule has 1 fully saturated rings. The highest BCUT2D eigenvalue weighted by molar-refractivity contribution is 5.77. The van der Waals surface area contributed by atoms with Crippen LogP contribution in [-0.4, -0.2) is 31.5 Å². The van der Waals surface area contributed by atoms with Crippen LogP contribution in [0.15, 0.2) is 30.3 Å². The first kappa shape index (κ1) is 16.0. The summed E-state index contributed by atoms with van der Waals surface area (Å²) in [6.07, 6.45) is 1.14. The number of amides is 1. The molecule has 0 aromatic heterocycles. The van der Waals surface area contributed by atoms with E-state index < -0.39 is 5.79 Å². The van der Waals surface area contributed by atoms with Gasteiger partial charge in [0.05, 0.1) is 13.2 Å². The highest BCUT2D eigenvalue weighted by atomic mass is 16.7. The third-order valence-corrected chi connectivity index (χ3v) is 3.96. The summed E-state index contributed by atoms with van der Waals surface area (Å²) >= 11 is 0. The number of ether oxygens (including phenoxy) is 2. The first-order valence-corrected chi connectivity index (χ1v) is 7.51. The van der Waals surface area contributed by atoms with Gasteiger partial charge in [0, 0.05) is 19.4 Å². The summed E-state index contributed by atoms with van der Waals surface area (Å²) in [7, 11) is 0. The van der Waals surface area contributed by atoms with Crippen LogP contribution in [0.5, 0.6) is 0 Å². The predicted molar refractivity (Wildman–Crippen MR) is 82.0 cm³/mol. The van der Waals surface area contributed by atoms with Crippen molar-refractivity contribution in [1.29, 1.82) is 0 Å². The van der Waals surface area contributed by atoms with E-state index in [9.17, 15) is 4.79 Å². The van der Waals surface area contributed by atoms with Gasteiger partial charge < -0.3 is 14.8 Å². The number of carbonyl (C=O) groups excluding carboxylic acids is 1. The number of nitrogens with one attached hydrogen (secondary N) is 1. The van der Waals surface area contributed by atoms with Crippen molar-refractivity contribution >= 4 is 5.91 Å². The molecule has 1 heterocycles. The fraction of sp³-hybridized carbons (Fsp3) is 0.588. The molecule has 1 aliphatic heterocycles. The van der Waals surface area contributed by atoms with Crippen molar-refractivity contribution in [2.24, 2.45) is 0 Å². The Morgan fingerprint density at radius 2 is 1.86 bits per heavy atom. The molecule has 116 valence electrons. The van der Waals surface area contributed by atoms with Gasteiger partial charge in [0.25, 0.3) is 0 Å². The molecule has 0 atom stereocenters. The number of benzene rings is 1. The van der Waals surface area contributed by atoms with E-state index in [0.717, 1.165) is 0 Å². The van der Waals surface area contributed by atoms with Crippen molar-refractivity contribution < 1.29 is 14.3 Å². The lowest BCUT2D eigenvalue weighted by atomic mass is 9.81. The lowest BCUT2D eigenvalue weighted by Crippen LogP contribution is -2.36. The maximum atomic E-state index is 12.1. The topological polar surface area (TPSA) is 47.6 Å². The first-order valence-electron chi connectivity index (χ1n) is 7.51. The zero-order chi connectivity index (χ0) is 15.3. The SMILES string of the molecule is CC1(CCNC(=O)CC(C)(C)c2ccccc2)OCCO1. The van der Waals surface area contributed by atoms with Gasteiger partial charge in [0.15, 0.2) is 5.79 Å². The van der Waals surface area contributed by atoms with Gasteiger partial charge in [-0.15, -0.1) is 0 Å². The highest BCUT2D eigenvalue weighted by Gasteiger charge is 2.30. The van der Waals surface area contributed by atoms with Crippen LogP contribution in [0.4, 0.5) is 0 Å². The molecule has 1 aromatic rings. The van der Waals surface area contributed by atoms with Gasteiger partial charge in [0.1, 0.15) is 0 Å². The van der Waals surface area contributed by atoms with E-state index in [4.69, 9.17) is 9.47 Å². The molecule has 1 aliphatic rings. The Labute approximate surface area is 126 Å². The average molecular weight is 291 g/mol. The van der Waals surface area contributed by atoms with Crippen LogP contribution in [0.1, 0.15) is 39.2 Å². The maximum Gasteiger partial charge on any atom is 0.220 e. The monoisotopic (exact) mass is 291 g/mol. The summed E-state index contributed by atoms with van der Waals surface area (Å²) in [5.41, 5.74) is 1.00. The molecule has 0 saturated carbocycles. The Kier molecular flexibility index (Phi) is 5.01. The van der Waals surface area contributed by atoms with E-state index in [2.05, 4.69) is 31.3 Å². The molecule has 4 nitrogen and oxygen atoms in total. The molecule has 0 spiro atoms. The maximum absolute atomic E-state index is 12.1. The molecule has 0 radical (unpaired) electrons. The summed E-state index contributed by atoms with van der Waals surface area (Å²) in [6.45, 7) is 7.93. The van der Waals surface area contributed by atoms with Gasteiger partial charge >= 0.3 is 0 Å². The van der Waals surface area contributed by atoms with E-state index in [1.807, 2.05) is 25.1 Å². The van der Waals surface area contributed by atoms with E-state index in [-0.39, 0.29) is 11.3 Å². The third-order valence-electron chi connectivity index (χ3n) is 3.96. The van der Waals surface area contributed by atoms with Crippen molar-refractivity contribution in [3.05, 3.63) is 35.9 Å². The van der Waals surface area contributed by atoms with Crippen molar-refractivity contribution in [2.45, 2.75) is 44.8 Å². The van der Waals surface area contributed by atoms with E-state index in [1.165, 1.54) is 5.56 Å². The second-order valence-corrected chi connectivity index (χ2v) is 6.36. The quantitative estimate of drug-likeness (QED) is 0.876. The minimum Gasteiger partial charge on any atom is -0.356 e. The summed E-state index contributed by atoms with van der Waals surface area (Å²) < 4.78 is 11.0. The Hall–Kier alpha value is -1.39. The zero-order valence-corrected chi connectivity index (χ0v) is 13.1. The number of carbonyl (C=O) groups is 1. The predicted octanol–water partition coefficient (Wildman–Crippen LogP) is 2.62. The number of rotatable bonds is 6. The molecule has 1 N–H and O–H groups in total. The average Bonchev–Trinajstić information content (AvgIpc) is 2.86. The van der Waals surface area contributed by atoms with Gasteiger partial charge in [-0.2, -0.15) is 0 Å². The second kappa shape index (κ2) is 6.58. The lowest BCUT2D eigenvalue weighted by molar-refractivity contribution is -0.146. The van der Waals surface area contributed by atoms with Gasteiger partial charge in [-0.3, -0.25) is 4.79 Å². The Morgan fingerprint density at radius 1 is 1.24 bits per heavy atom. The van der Waals surface area contributed by atoms with Gasteiger partial charge in [0.2, 0.25) is 5.91 Å². The Bertz CT molecular complexity index is 464. The molecule has 1 aromatic carbocycles. The second-order valence-electron chi connectivity index (χ2n) is 6.36. The molecule has 21 heavy (non-hydrogen) atoms. The molecule has 0 bridgehead atoms. The normalized spacial score (nSPS) is 17.7. The smallest absolute Gasteiger partial charge is 0.220 e. The van der Waals surface area contributed by atoms with Crippen molar-refractivity contribution in [3.63, 3.8) is 0 Å². The molecule has 0 unspecified atom stereocenters. The highest BCUT2D eigenvalue weighted by Crippen LogP contribution is 2.26. The van der Waals surface area contributed by atoms with Crippen LogP contribution >= 0.6 is 0 Å². The van der Waals surface area contributed by atoms with Crippen LogP contribution in [0.25, 0.3) is 0 Å². The third kappa shape index (κ3) is 4.55. The summed E-state index contributed by atoms with van der Waals surface area (Å²) in [6, 6.07) is 10.1. The minimum atomic E-state index is -0.539. The van der Waals surface area contributed by atoms with Crippen LogP contribution in [-0.2, 0) is 19.7 Å². The molecule has 1 amide bonds. The molecule has 0 aliphatic carbocycles. The number of hydrogen-bond acceptors (Lipinski definition) is 3. The molecule has 1 saturated heterocycles. The summed E-state index contributed by atoms with van der Waals surface area (Å²) in [5, 5.41) is 2.96. The lowest BCUT2D eigenvalue weighted by Gasteiger charge is -2.25. The fourth-order valence-corrected chi connectivity index (χ4v) is 2.59. The molecular weight excluding hydrogens is 266 g/mol. The van der Waals surface area contributed by atoms with Crippen LogP contribution in [0.3, 0.4) is 0 Å². The van der Waals surface area contributed by atoms with Crippen molar-refractivity contribution in [2.75, 3.05) is 19.8 Å². The fourth-order valence-electron chi connectivity index (χ4n) is 2.59. The van der Waals surface area contributed by atoms with E-state index in [0.29, 0.717) is 32.6 Å². The van der Waals surface area contributed by atoms with Crippen LogP contribution in [0, 0.1) is 0 Å². The van der Waals surface area contributed by atoms with Gasteiger partial charge in [-0.1, -0.05) is 44.2 Å². The first-order chi connectivity index (χ1) is 9.91. The largest absolute Gasteiger partial charge is 0.356 e. The van der Waals surface area contributed by atoms with Crippen molar-refractivity contribution in [1.82, 2.24) is 5.32 Å². The van der Waals surface area contributed by atoms with Crippen LogP contribution < -0.4 is 5.32 Å². The standard InChI is InChI=1S/C17H25NO3/c1-16(2,14-7-5-4-6-8-14)13-15(19)18-10-9-17(3)20-11-12-21-17/h4-8H,9-13H2,1-3H3,(H,18,19). The van der Waals surface area contributed by atoms with E-state index >= 15 is 0 Å². The van der Waals surface area contributed by atoms with Gasteiger partial charge in [-0.05, 0) is 17.9 Å². The van der Waals surface area contributed by atoms with Gasteiger partial charge in [-0.25, -0.2) is 0 Å². The number of hydrogen-bond donors (Lipinski definition) is 1. The Morgan fingerprint density at radius 3 is 2.48 bits per heavy atom. The molecular formula is C17H25NO3. The summed E-state index contributed by atoms with van der Waals surface area (Å²) in [5.74, 6) is -0.479. The zero-order valence-electron chi connectivity index (χ0n) is 13.1. The Balaban J connectivity index is 1.79. The molecule has 2 rings (SSSR count).